The Hall–Kier alpha value is -2.55. The molecule has 2 aliphatic rings. The van der Waals surface area contributed by atoms with Crippen LogP contribution in [0.15, 0.2) is 53.7 Å². The van der Waals surface area contributed by atoms with Gasteiger partial charge in [0.1, 0.15) is 5.60 Å². The van der Waals surface area contributed by atoms with Gasteiger partial charge in [0.2, 0.25) is 0 Å². The number of halogens is 6. The molecule has 3 nitrogen and oxygen atoms in total. The van der Waals surface area contributed by atoms with Crippen LogP contribution in [0.4, 0.5) is 26.3 Å². The zero-order valence-corrected chi connectivity index (χ0v) is 16.4. The summed E-state index contributed by atoms with van der Waals surface area (Å²) in [4.78, 5) is 7.81. The van der Waals surface area contributed by atoms with Crippen molar-refractivity contribution in [3.63, 3.8) is 0 Å². The molecule has 2 aromatic carbocycles. The fourth-order valence-electron chi connectivity index (χ4n) is 4.00. The maximum atomic E-state index is 13.0. The lowest BCUT2D eigenvalue weighted by Crippen LogP contribution is -2.44. The van der Waals surface area contributed by atoms with E-state index in [1.54, 1.807) is 6.07 Å². The number of hydrogen-bond donors (Lipinski definition) is 0. The first-order valence-electron chi connectivity index (χ1n) is 9.85. The Kier molecular flexibility index (Phi) is 5.49. The average Bonchev–Trinajstić information content (AvgIpc) is 3.13. The first kappa shape index (κ1) is 21.7. The van der Waals surface area contributed by atoms with E-state index in [4.69, 9.17) is 4.84 Å². The molecule has 0 aliphatic carbocycles. The van der Waals surface area contributed by atoms with Crippen LogP contribution in [0.25, 0.3) is 0 Å². The summed E-state index contributed by atoms with van der Waals surface area (Å²) in [5, 5.41) is 4.07. The van der Waals surface area contributed by atoms with E-state index in [0.717, 1.165) is 29.8 Å². The Morgan fingerprint density at radius 2 is 1.52 bits per heavy atom. The van der Waals surface area contributed by atoms with Crippen molar-refractivity contribution >= 4 is 5.71 Å². The standard InChI is InChI=1S/C22H20F6N2O/c23-21(24,25)17-6-4-15(5-7-17)14-30-10-8-20(9-11-30)13-19(29-31-20)16-2-1-3-18(12-16)22(26,27)28/h1-7,12H,8-11,13-14H2. The van der Waals surface area contributed by atoms with Crippen molar-refractivity contribution in [2.75, 3.05) is 13.1 Å². The Morgan fingerprint density at radius 3 is 2.13 bits per heavy atom. The molecule has 1 fully saturated rings. The molecule has 0 amide bonds. The Balaban J connectivity index is 1.34. The van der Waals surface area contributed by atoms with Gasteiger partial charge in [-0.25, -0.2) is 0 Å². The second-order valence-electron chi connectivity index (χ2n) is 8.04. The lowest BCUT2D eigenvalue weighted by molar-refractivity contribution is -0.138. The molecule has 0 N–H and O–H groups in total. The van der Waals surface area contributed by atoms with E-state index in [9.17, 15) is 26.3 Å². The van der Waals surface area contributed by atoms with Gasteiger partial charge in [-0.15, -0.1) is 0 Å². The van der Waals surface area contributed by atoms with E-state index in [1.807, 2.05) is 0 Å². The molecule has 4 rings (SSSR count). The highest BCUT2D eigenvalue weighted by Crippen LogP contribution is 2.38. The lowest BCUT2D eigenvalue weighted by Gasteiger charge is -2.37. The Bertz CT molecular complexity index is 957. The molecule has 0 saturated carbocycles. The van der Waals surface area contributed by atoms with Crippen LogP contribution in [0.1, 0.15) is 41.5 Å². The number of rotatable bonds is 3. The van der Waals surface area contributed by atoms with E-state index in [0.29, 0.717) is 50.2 Å². The van der Waals surface area contributed by atoms with Crippen LogP contribution < -0.4 is 0 Å². The summed E-state index contributed by atoms with van der Waals surface area (Å²) in [6.07, 6.45) is -7.06. The zero-order valence-electron chi connectivity index (χ0n) is 16.4. The van der Waals surface area contributed by atoms with E-state index < -0.39 is 29.1 Å². The van der Waals surface area contributed by atoms with Crippen molar-refractivity contribution in [3.8, 4) is 0 Å². The van der Waals surface area contributed by atoms with Gasteiger partial charge in [0.15, 0.2) is 0 Å². The third-order valence-corrected chi connectivity index (χ3v) is 5.82. The van der Waals surface area contributed by atoms with Crippen LogP contribution in [0, 0.1) is 0 Å². The first-order chi connectivity index (χ1) is 14.5. The normalized spacial score (nSPS) is 19.4. The molecule has 0 bridgehead atoms. The Morgan fingerprint density at radius 1 is 0.871 bits per heavy atom. The van der Waals surface area contributed by atoms with Crippen molar-refractivity contribution in [3.05, 3.63) is 70.8 Å². The summed E-state index contributed by atoms with van der Waals surface area (Å²) in [5.41, 5.74) is -0.244. The van der Waals surface area contributed by atoms with E-state index in [1.165, 1.54) is 18.2 Å². The average molecular weight is 442 g/mol. The molecule has 9 heteroatoms. The molecule has 31 heavy (non-hydrogen) atoms. The quantitative estimate of drug-likeness (QED) is 0.555. The number of hydrogen-bond acceptors (Lipinski definition) is 3. The maximum absolute atomic E-state index is 13.0. The van der Waals surface area contributed by atoms with Crippen LogP contribution >= 0.6 is 0 Å². The SMILES string of the molecule is FC(F)(F)c1ccc(CN2CCC3(CC2)CC(c2cccc(C(F)(F)F)c2)=NO3)cc1. The summed E-state index contributed by atoms with van der Waals surface area (Å²) in [5.74, 6) is 0. The van der Waals surface area contributed by atoms with Gasteiger partial charge >= 0.3 is 12.4 Å². The van der Waals surface area contributed by atoms with Crippen molar-refractivity contribution in [2.45, 2.75) is 43.8 Å². The summed E-state index contributed by atoms with van der Waals surface area (Å²) >= 11 is 0. The van der Waals surface area contributed by atoms with Gasteiger partial charge < -0.3 is 4.84 Å². The lowest BCUT2D eigenvalue weighted by atomic mass is 9.85. The van der Waals surface area contributed by atoms with Gasteiger partial charge in [0.25, 0.3) is 0 Å². The molecule has 2 aliphatic heterocycles. The largest absolute Gasteiger partial charge is 0.416 e. The molecule has 0 radical (unpaired) electrons. The molecule has 2 heterocycles. The highest BCUT2D eigenvalue weighted by atomic mass is 19.4. The summed E-state index contributed by atoms with van der Waals surface area (Å²) < 4.78 is 77.0. The van der Waals surface area contributed by atoms with Gasteiger partial charge in [-0.2, -0.15) is 26.3 Å². The fourth-order valence-corrected chi connectivity index (χ4v) is 4.00. The number of piperidine rings is 1. The second-order valence-corrected chi connectivity index (χ2v) is 8.04. The van der Waals surface area contributed by atoms with Gasteiger partial charge in [-0.05, 0) is 29.8 Å². The van der Waals surface area contributed by atoms with Gasteiger partial charge in [0, 0.05) is 44.5 Å². The number of nitrogens with zero attached hydrogens (tertiary/aromatic N) is 2. The summed E-state index contributed by atoms with van der Waals surface area (Å²) in [6, 6.07) is 10.2. The van der Waals surface area contributed by atoms with Gasteiger partial charge in [-0.1, -0.05) is 29.4 Å². The van der Waals surface area contributed by atoms with Crippen LogP contribution in [0.3, 0.4) is 0 Å². The van der Waals surface area contributed by atoms with Crippen molar-refractivity contribution in [1.82, 2.24) is 4.90 Å². The monoisotopic (exact) mass is 442 g/mol. The molecule has 1 saturated heterocycles. The van der Waals surface area contributed by atoms with Crippen LogP contribution in [-0.4, -0.2) is 29.3 Å². The Labute approximate surface area is 175 Å². The minimum absolute atomic E-state index is 0.402. The minimum atomic E-state index is -4.42. The van der Waals surface area contributed by atoms with E-state index >= 15 is 0 Å². The first-order valence-corrected chi connectivity index (χ1v) is 9.85. The number of oxime groups is 1. The number of alkyl halides is 6. The third-order valence-electron chi connectivity index (χ3n) is 5.82. The summed E-state index contributed by atoms with van der Waals surface area (Å²) in [7, 11) is 0. The van der Waals surface area contributed by atoms with Crippen molar-refractivity contribution in [2.24, 2.45) is 5.16 Å². The molecular formula is C22H20F6N2O. The van der Waals surface area contributed by atoms with E-state index in [2.05, 4.69) is 10.1 Å². The molecular weight excluding hydrogens is 422 g/mol. The van der Waals surface area contributed by atoms with Crippen molar-refractivity contribution < 1.29 is 31.2 Å². The van der Waals surface area contributed by atoms with Crippen LogP contribution in [0.2, 0.25) is 0 Å². The van der Waals surface area contributed by atoms with Crippen LogP contribution in [0.5, 0.6) is 0 Å². The highest BCUT2D eigenvalue weighted by molar-refractivity contribution is 6.01. The molecule has 0 atom stereocenters. The number of likely N-dealkylation sites (tertiary alicyclic amines) is 1. The number of benzene rings is 2. The second kappa shape index (κ2) is 7.85. The zero-order chi connectivity index (χ0) is 22.3. The molecule has 166 valence electrons. The third kappa shape index (κ3) is 4.87. The topological polar surface area (TPSA) is 24.8 Å². The maximum Gasteiger partial charge on any atom is 0.416 e. The van der Waals surface area contributed by atoms with Gasteiger partial charge in [0.05, 0.1) is 16.8 Å². The van der Waals surface area contributed by atoms with E-state index in [-0.39, 0.29) is 0 Å². The van der Waals surface area contributed by atoms with Crippen molar-refractivity contribution in [1.29, 1.82) is 0 Å². The predicted molar refractivity (Wildman–Crippen MR) is 102 cm³/mol. The van der Waals surface area contributed by atoms with Gasteiger partial charge in [-0.3, -0.25) is 4.90 Å². The predicted octanol–water partition coefficient (Wildman–Crippen LogP) is 5.88. The minimum Gasteiger partial charge on any atom is -0.388 e. The van der Waals surface area contributed by atoms with Crippen LogP contribution in [-0.2, 0) is 23.7 Å². The molecule has 2 aromatic rings. The molecule has 1 spiro atoms. The molecule has 0 aromatic heterocycles. The summed E-state index contributed by atoms with van der Waals surface area (Å²) in [6.45, 7) is 1.84. The molecule has 0 unspecified atom stereocenters. The smallest absolute Gasteiger partial charge is 0.388 e. The fraction of sp³-hybridized carbons (Fsp3) is 0.409. The highest BCUT2D eigenvalue weighted by Gasteiger charge is 2.42.